The van der Waals surface area contributed by atoms with Crippen molar-refractivity contribution in [3.05, 3.63) is 35.4 Å². The first-order chi connectivity index (χ1) is 12.6. The van der Waals surface area contributed by atoms with Gasteiger partial charge in [-0.15, -0.1) is 0 Å². The van der Waals surface area contributed by atoms with Crippen LogP contribution < -0.4 is 0 Å². The number of hydrogen-bond donors (Lipinski definition) is 0. The van der Waals surface area contributed by atoms with Crippen LogP contribution in [0.15, 0.2) is 24.3 Å². The Labute approximate surface area is 158 Å². The fraction of sp³-hybridized carbons (Fsp3) is 0.667. The average Bonchev–Trinajstić information content (AvgIpc) is 2.63. The summed E-state index contributed by atoms with van der Waals surface area (Å²) >= 11 is 0. The van der Waals surface area contributed by atoms with Crippen molar-refractivity contribution in [3.8, 4) is 0 Å². The summed E-state index contributed by atoms with van der Waals surface area (Å²) < 4.78 is 0. The maximum Gasteiger partial charge on any atom is 0.147 e. The van der Waals surface area contributed by atoms with E-state index in [1.807, 2.05) is 0 Å². The lowest BCUT2D eigenvalue weighted by atomic mass is 9.77. The predicted octanol–water partition coefficient (Wildman–Crippen LogP) is 5.88. The topological polar surface area (TPSA) is 34.1 Å². The number of rotatable bonds is 6. The van der Waals surface area contributed by atoms with E-state index in [9.17, 15) is 9.59 Å². The second kappa shape index (κ2) is 8.97. The average molecular weight is 355 g/mol. The van der Waals surface area contributed by atoms with Crippen molar-refractivity contribution < 1.29 is 9.59 Å². The molecule has 0 bridgehead atoms. The number of carbonyl (C=O) groups excluding carboxylic acids is 2. The molecule has 0 aromatic heterocycles. The number of carbonyl (C=O) groups is 2. The summed E-state index contributed by atoms with van der Waals surface area (Å²) in [5, 5.41) is 0. The third kappa shape index (κ3) is 4.84. The zero-order valence-corrected chi connectivity index (χ0v) is 16.5. The van der Waals surface area contributed by atoms with Crippen LogP contribution in [0.5, 0.6) is 0 Å². The summed E-state index contributed by atoms with van der Waals surface area (Å²) in [5.74, 6) is 2.00. The maximum absolute atomic E-state index is 12.5. The Bertz CT molecular complexity index is 608. The van der Waals surface area contributed by atoms with Crippen LogP contribution in [0.25, 0.3) is 0 Å². The standard InChI is InChI=1S/C24H34O2/c1-3-4-18-6-10-20(11-7-18)21-12-8-19(9-13-21)16-24(26)22-14-5-17(2)15-23(22)25/h8-9,12-13,17-18,20,22H,3-7,10-11,14-16H2,1-2H3. The molecule has 1 aromatic carbocycles. The van der Waals surface area contributed by atoms with Crippen LogP contribution in [0.3, 0.4) is 0 Å². The van der Waals surface area contributed by atoms with Crippen LogP contribution in [0.2, 0.25) is 0 Å². The molecule has 0 saturated heterocycles. The second-order valence-corrected chi connectivity index (χ2v) is 8.80. The summed E-state index contributed by atoms with van der Waals surface area (Å²) in [6.07, 6.45) is 10.8. The fourth-order valence-corrected chi connectivity index (χ4v) is 4.97. The molecule has 0 heterocycles. The van der Waals surface area contributed by atoms with Crippen molar-refractivity contribution in [2.24, 2.45) is 17.8 Å². The third-order valence-corrected chi connectivity index (χ3v) is 6.65. The summed E-state index contributed by atoms with van der Waals surface area (Å²) in [5.41, 5.74) is 2.49. The Balaban J connectivity index is 1.53. The minimum atomic E-state index is -0.347. The minimum Gasteiger partial charge on any atom is -0.299 e. The first kappa shape index (κ1) is 19.3. The second-order valence-electron chi connectivity index (χ2n) is 8.80. The zero-order valence-electron chi connectivity index (χ0n) is 16.5. The highest BCUT2D eigenvalue weighted by atomic mass is 16.1. The van der Waals surface area contributed by atoms with Gasteiger partial charge < -0.3 is 0 Å². The molecule has 2 aliphatic rings. The molecule has 2 atom stereocenters. The van der Waals surface area contributed by atoms with Gasteiger partial charge in [0.1, 0.15) is 11.6 Å². The van der Waals surface area contributed by atoms with Gasteiger partial charge in [-0.25, -0.2) is 0 Å². The normalized spacial score (nSPS) is 29.5. The minimum absolute atomic E-state index is 0.120. The van der Waals surface area contributed by atoms with Crippen LogP contribution in [0.1, 0.15) is 88.7 Å². The highest BCUT2D eigenvalue weighted by Crippen LogP contribution is 2.37. The van der Waals surface area contributed by atoms with E-state index in [-0.39, 0.29) is 17.5 Å². The van der Waals surface area contributed by atoms with Gasteiger partial charge in [0.2, 0.25) is 0 Å². The molecule has 2 nitrogen and oxygen atoms in total. The Morgan fingerprint density at radius 2 is 1.69 bits per heavy atom. The summed E-state index contributed by atoms with van der Waals surface area (Å²) in [4.78, 5) is 24.7. The Morgan fingerprint density at radius 1 is 1.00 bits per heavy atom. The van der Waals surface area contributed by atoms with Crippen LogP contribution in [0.4, 0.5) is 0 Å². The molecule has 2 aliphatic carbocycles. The Kier molecular flexibility index (Phi) is 6.67. The molecule has 2 saturated carbocycles. The van der Waals surface area contributed by atoms with Gasteiger partial charge in [-0.2, -0.15) is 0 Å². The maximum atomic E-state index is 12.5. The monoisotopic (exact) mass is 354 g/mol. The first-order valence-corrected chi connectivity index (χ1v) is 10.7. The fourth-order valence-electron chi connectivity index (χ4n) is 4.97. The van der Waals surface area contributed by atoms with E-state index in [0.717, 1.165) is 24.3 Å². The van der Waals surface area contributed by atoms with Crippen molar-refractivity contribution in [3.63, 3.8) is 0 Å². The molecule has 0 N–H and O–H groups in total. The molecule has 2 unspecified atom stereocenters. The van der Waals surface area contributed by atoms with Crippen molar-refractivity contribution >= 4 is 11.6 Å². The quantitative estimate of drug-likeness (QED) is 0.598. The van der Waals surface area contributed by atoms with Gasteiger partial charge >= 0.3 is 0 Å². The lowest BCUT2D eigenvalue weighted by Crippen LogP contribution is -2.31. The van der Waals surface area contributed by atoms with E-state index in [4.69, 9.17) is 0 Å². The molecule has 2 heteroatoms. The third-order valence-electron chi connectivity index (χ3n) is 6.65. The molecule has 0 amide bonds. The van der Waals surface area contributed by atoms with Crippen molar-refractivity contribution in [2.75, 3.05) is 0 Å². The Hall–Kier alpha value is -1.44. The van der Waals surface area contributed by atoms with Gasteiger partial charge in [-0.3, -0.25) is 9.59 Å². The SMILES string of the molecule is CCCC1CCC(c2ccc(CC(=O)C3CCC(C)CC3=O)cc2)CC1. The summed E-state index contributed by atoms with van der Waals surface area (Å²) in [7, 11) is 0. The molecule has 0 spiro atoms. The van der Waals surface area contributed by atoms with Gasteiger partial charge in [0.15, 0.2) is 0 Å². The first-order valence-electron chi connectivity index (χ1n) is 10.7. The van der Waals surface area contributed by atoms with E-state index < -0.39 is 0 Å². The largest absolute Gasteiger partial charge is 0.299 e. The summed E-state index contributed by atoms with van der Waals surface area (Å²) in [6, 6.07) is 8.67. The molecule has 0 aliphatic heterocycles. The number of hydrogen-bond acceptors (Lipinski definition) is 2. The van der Waals surface area contributed by atoms with Crippen molar-refractivity contribution in [2.45, 2.75) is 84.0 Å². The highest BCUT2D eigenvalue weighted by molar-refractivity contribution is 6.03. The van der Waals surface area contributed by atoms with Crippen molar-refractivity contribution in [1.82, 2.24) is 0 Å². The molecular weight excluding hydrogens is 320 g/mol. The van der Waals surface area contributed by atoms with Gasteiger partial charge in [0.05, 0.1) is 5.92 Å². The molecule has 2 fully saturated rings. The molecule has 1 aromatic rings. The van der Waals surface area contributed by atoms with Crippen LogP contribution >= 0.6 is 0 Å². The van der Waals surface area contributed by atoms with Gasteiger partial charge in [0, 0.05) is 12.8 Å². The number of Topliss-reactive ketones (excluding diaryl/α,β-unsaturated/α-hetero) is 2. The van der Waals surface area contributed by atoms with E-state index in [1.54, 1.807) is 0 Å². The number of benzene rings is 1. The molecule has 0 radical (unpaired) electrons. The van der Waals surface area contributed by atoms with Crippen LogP contribution in [-0.4, -0.2) is 11.6 Å². The van der Waals surface area contributed by atoms with Gasteiger partial charge in [-0.05, 0) is 67.4 Å². The molecular formula is C24H34O2. The van der Waals surface area contributed by atoms with E-state index in [0.29, 0.717) is 24.7 Å². The van der Waals surface area contributed by atoms with E-state index >= 15 is 0 Å². The lowest BCUT2D eigenvalue weighted by molar-refractivity contribution is -0.134. The van der Waals surface area contributed by atoms with Gasteiger partial charge in [-0.1, -0.05) is 51.0 Å². The summed E-state index contributed by atoms with van der Waals surface area (Å²) in [6.45, 7) is 4.39. The van der Waals surface area contributed by atoms with Gasteiger partial charge in [0.25, 0.3) is 0 Å². The predicted molar refractivity (Wildman–Crippen MR) is 106 cm³/mol. The lowest BCUT2D eigenvalue weighted by Gasteiger charge is -2.28. The van der Waals surface area contributed by atoms with Crippen LogP contribution in [-0.2, 0) is 16.0 Å². The molecule has 3 rings (SSSR count). The Morgan fingerprint density at radius 3 is 2.31 bits per heavy atom. The highest BCUT2D eigenvalue weighted by Gasteiger charge is 2.31. The zero-order chi connectivity index (χ0) is 18.5. The van der Waals surface area contributed by atoms with E-state index in [2.05, 4.69) is 38.1 Å². The molecule has 142 valence electrons. The van der Waals surface area contributed by atoms with Crippen LogP contribution in [0, 0.1) is 17.8 Å². The smallest absolute Gasteiger partial charge is 0.147 e. The number of ketones is 2. The van der Waals surface area contributed by atoms with Crippen molar-refractivity contribution in [1.29, 1.82) is 0 Å². The van der Waals surface area contributed by atoms with E-state index in [1.165, 1.54) is 44.1 Å². The molecule has 26 heavy (non-hydrogen) atoms.